The molecule has 3 rings (SSSR count). The number of nitrogens with zero attached hydrogens (tertiary/aromatic N) is 3. The first-order valence-electron chi connectivity index (χ1n) is 9.48. The Morgan fingerprint density at radius 1 is 1.15 bits per heavy atom. The molecule has 0 spiro atoms. The van der Waals surface area contributed by atoms with E-state index in [4.69, 9.17) is 10.00 Å². The lowest BCUT2D eigenvalue weighted by atomic mass is 10.1. The summed E-state index contributed by atoms with van der Waals surface area (Å²) in [6, 6.07) is 7.76. The zero-order valence-corrected chi connectivity index (χ0v) is 18.3. The van der Waals surface area contributed by atoms with Crippen LogP contribution in [-0.4, -0.2) is 48.1 Å². The molecule has 0 saturated carbocycles. The van der Waals surface area contributed by atoms with E-state index in [1.807, 2.05) is 4.90 Å². The topological polar surface area (TPSA) is 73.6 Å². The van der Waals surface area contributed by atoms with Gasteiger partial charge in [-0.15, -0.1) is 0 Å². The lowest BCUT2D eigenvalue weighted by Gasteiger charge is -2.15. The van der Waals surface area contributed by atoms with Gasteiger partial charge in [0.15, 0.2) is 11.6 Å². The first-order chi connectivity index (χ1) is 15.5. The van der Waals surface area contributed by atoms with Crippen LogP contribution in [0.1, 0.15) is 16.7 Å². The van der Waals surface area contributed by atoms with Gasteiger partial charge in [0.1, 0.15) is 5.75 Å². The number of benzene rings is 2. The Morgan fingerprint density at radius 2 is 1.85 bits per heavy atom. The van der Waals surface area contributed by atoms with Crippen LogP contribution in [0.2, 0.25) is 0 Å². The van der Waals surface area contributed by atoms with Gasteiger partial charge in [0.05, 0.1) is 22.1 Å². The average molecular weight is 479 g/mol. The Labute approximate surface area is 191 Å². The maximum Gasteiger partial charge on any atom is 0.420 e. The normalized spacial score (nSPS) is 15.5. The van der Waals surface area contributed by atoms with E-state index in [0.717, 1.165) is 40.9 Å². The van der Waals surface area contributed by atoms with E-state index in [9.17, 15) is 27.2 Å². The van der Waals surface area contributed by atoms with Gasteiger partial charge in [0, 0.05) is 13.1 Å². The summed E-state index contributed by atoms with van der Waals surface area (Å²) in [6.07, 6.45) is -3.48. The molecule has 1 aliphatic heterocycles. The molecule has 0 unspecified atom stereocenters. The fourth-order valence-corrected chi connectivity index (χ4v) is 3.73. The van der Waals surface area contributed by atoms with Crippen LogP contribution >= 0.6 is 11.8 Å². The van der Waals surface area contributed by atoms with E-state index in [0.29, 0.717) is 12.6 Å². The van der Waals surface area contributed by atoms with Crippen molar-refractivity contribution in [2.24, 2.45) is 0 Å². The molecule has 172 valence electrons. The number of nitriles is 1. The maximum absolute atomic E-state index is 14.6. The van der Waals surface area contributed by atoms with Crippen LogP contribution in [0.25, 0.3) is 6.08 Å². The standard InChI is InChI=1S/C22H17F4N3O3S/c1-28(2)7-8-29-20(30)19(33-21(29)31)11-13-3-6-18(16(23)10-13)32-17-5-4-14(12-27)9-15(17)22(24,25)26/h3-6,9-11H,7-8H2,1-2H3/b19-11-. The highest BCUT2D eigenvalue weighted by Crippen LogP contribution is 2.39. The maximum atomic E-state index is 14.6. The third kappa shape index (κ3) is 5.71. The van der Waals surface area contributed by atoms with E-state index in [1.54, 1.807) is 20.2 Å². The number of hydrogen-bond donors (Lipinski definition) is 0. The van der Waals surface area contributed by atoms with Crippen LogP contribution in [0.4, 0.5) is 22.4 Å². The van der Waals surface area contributed by atoms with Gasteiger partial charge in [-0.1, -0.05) is 6.07 Å². The summed E-state index contributed by atoms with van der Waals surface area (Å²) in [5.41, 5.74) is -1.20. The Balaban J connectivity index is 1.83. The SMILES string of the molecule is CN(C)CCN1C(=O)S/C(=C\c2ccc(Oc3ccc(C#N)cc3C(F)(F)F)c(F)c2)C1=O. The van der Waals surface area contributed by atoms with Crippen LogP contribution in [0.5, 0.6) is 11.5 Å². The number of thioether (sulfide) groups is 1. The van der Waals surface area contributed by atoms with Crippen LogP contribution in [-0.2, 0) is 11.0 Å². The predicted molar refractivity (Wildman–Crippen MR) is 114 cm³/mol. The number of carbonyl (C=O) groups excluding carboxylic acids is 2. The van der Waals surface area contributed by atoms with Gasteiger partial charge in [-0.05, 0) is 67.8 Å². The molecule has 6 nitrogen and oxygen atoms in total. The molecule has 33 heavy (non-hydrogen) atoms. The zero-order valence-electron chi connectivity index (χ0n) is 17.4. The highest BCUT2D eigenvalue weighted by atomic mass is 32.2. The number of imide groups is 1. The molecule has 1 aliphatic rings. The molecule has 0 aromatic heterocycles. The molecule has 11 heteroatoms. The minimum atomic E-state index is -4.81. The summed E-state index contributed by atoms with van der Waals surface area (Å²) in [5, 5.41) is 8.39. The number of carbonyl (C=O) groups is 2. The smallest absolute Gasteiger partial charge is 0.420 e. The highest BCUT2D eigenvalue weighted by molar-refractivity contribution is 8.18. The van der Waals surface area contributed by atoms with Gasteiger partial charge >= 0.3 is 6.18 Å². The predicted octanol–water partition coefficient (Wildman–Crippen LogP) is 5.11. The van der Waals surface area contributed by atoms with Crippen molar-refractivity contribution in [3.63, 3.8) is 0 Å². The molecule has 2 amide bonds. The van der Waals surface area contributed by atoms with Gasteiger partial charge in [0.25, 0.3) is 11.1 Å². The lowest BCUT2D eigenvalue weighted by Crippen LogP contribution is -2.34. The van der Waals surface area contributed by atoms with Crippen molar-refractivity contribution in [3.8, 4) is 17.6 Å². The Morgan fingerprint density at radius 3 is 2.45 bits per heavy atom. The van der Waals surface area contributed by atoms with E-state index >= 15 is 0 Å². The second-order valence-electron chi connectivity index (χ2n) is 7.25. The average Bonchev–Trinajstić information content (AvgIpc) is 3.00. The number of hydrogen-bond acceptors (Lipinski definition) is 6. The van der Waals surface area contributed by atoms with Gasteiger partial charge < -0.3 is 9.64 Å². The van der Waals surface area contributed by atoms with E-state index in [1.165, 1.54) is 12.1 Å². The Hall–Kier alpha value is -3.36. The zero-order chi connectivity index (χ0) is 24.3. The third-order valence-corrected chi connectivity index (χ3v) is 5.44. The van der Waals surface area contributed by atoms with Gasteiger partial charge in [-0.2, -0.15) is 18.4 Å². The quantitative estimate of drug-likeness (QED) is 0.424. The molecule has 1 heterocycles. The molecule has 0 N–H and O–H groups in total. The first-order valence-corrected chi connectivity index (χ1v) is 10.3. The molecule has 0 radical (unpaired) electrons. The van der Waals surface area contributed by atoms with E-state index in [2.05, 4.69) is 0 Å². The van der Waals surface area contributed by atoms with Crippen molar-refractivity contribution in [2.75, 3.05) is 27.2 Å². The fourth-order valence-electron chi connectivity index (χ4n) is 2.86. The van der Waals surface area contributed by atoms with Gasteiger partial charge in [0.2, 0.25) is 0 Å². The van der Waals surface area contributed by atoms with Crippen molar-refractivity contribution < 1.29 is 31.9 Å². The largest absolute Gasteiger partial charge is 0.454 e. The number of alkyl halides is 3. The minimum absolute atomic E-state index is 0.110. The van der Waals surface area contributed by atoms with Crippen LogP contribution in [0, 0.1) is 17.1 Å². The number of rotatable bonds is 6. The molecule has 0 atom stereocenters. The molecule has 1 fully saturated rings. The van der Waals surface area contributed by atoms with Crippen LogP contribution < -0.4 is 4.74 Å². The monoisotopic (exact) mass is 479 g/mol. The molecular weight excluding hydrogens is 462 g/mol. The van der Waals surface area contributed by atoms with Crippen molar-refractivity contribution in [2.45, 2.75) is 6.18 Å². The summed E-state index contributed by atoms with van der Waals surface area (Å²) < 4.78 is 59.6. The van der Waals surface area contributed by atoms with Gasteiger partial charge in [-0.3, -0.25) is 14.5 Å². The third-order valence-electron chi connectivity index (χ3n) is 4.53. The van der Waals surface area contributed by atoms with Crippen molar-refractivity contribution in [3.05, 3.63) is 63.8 Å². The summed E-state index contributed by atoms with van der Waals surface area (Å²) >= 11 is 0.724. The second kappa shape index (κ2) is 9.64. The number of halogens is 4. The summed E-state index contributed by atoms with van der Waals surface area (Å²) in [6.45, 7) is 0.698. The Kier molecular flexibility index (Phi) is 7.09. The number of likely N-dealkylation sites (N-methyl/N-ethyl adjacent to an activating group) is 1. The minimum Gasteiger partial charge on any atom is -0.454 e. The molecule has 2 aromatic rings. The van der Waals surface area contributed by atoms with Crippen LogP contribution in [0.3, 0.4) is 0 Å². The first kappa shape index (κ1) is 24.3. The summed E-state index contributed by atoms with van der Waals surface area (Å²) in [4.78, 5) is 27.6. The van der Waals surface area contributed by atoms with Crippen molar-refractivity contribution in [1.82, 2.24) is 9.80 Å². The van der Waals surface area contributed by atoms with Gasteiger partial charge in [-0.25, -0.2) is 4.39 Å². The van der Waals surface area contributed by atoms with Crippen molar-refractivity contribution >= 4 is 29.0 Å². The molecule has 1 saturated heterocycles. The lowest BCUT2D eigenvalue weighted by molar-refractivity contribution is -0.138. The molecule has 0 aliphatic carbocycles. The highest BCUT2D eigenvalue weighted by Gasteiger charge is 2.36. The summed E-state index contributed by atoms with van der Waals surface area (Å²) in [5.74, 6) is -2.59. The van der Waals surface area contributed by atoms with E-state index in [-0.39, 0.29) is 22.6 Å². The fraction of sp³-hybridized carbons (Fsp3) is 0.227. The second-order valence-corrected chi connectivity index (χ2v) is 8.24. The molecule has 2 aromatic carbocycles. The molecule has 0 bridgehead atoms. The molecular formula is C22H17F4N3O3S. The summed E-state index contributed by atoms with van der Waals surface area (Å²) in [7, 11) is 3.60. The van der Waals surface area contributed by atoms with E-state index < -0.39 is 40.2 Å². The van der Waals surface area contributed by atoms with Crippen molar-refractivity contribution in [1.29, 1.82) is 5.26 Å². The number of amides is 2. The Bertz CT molecular complexity index is 1170. The number of ether oxygens (including phenoxy) is 1. The van der Waals surface area contributed by atoms with Crippen LogP contribution in [0.15, 0.2) is 41.3 Å².